The van der Waals surface area contributed by atoms with Crippen LogP contribution in [0.25, 0.3) is 0 Å². The minimum absolute atomic E-state index is 0.0621. The highest BCUT2D eigenvalue weighted by Gasteiger charge is 2.19. The van der Waals surface area contributed by atoms with Crippen LogP contribution in [0.15, 0.2) is 0 Å². The SMILES string of the molecule is CCCCCCCCCCCCCCCCCCCC(=O)OC[C@@H](COC(=O)CCCCCCCCCCCCCC(C)C)OC(=O)CCCCCCCCCCCCCCC. The predicted molar refractivity (Wildman–Crippen MR) is 266 cm³/mol. The first-order chi connectivity index (χ1) is 30.4. The third-order valence-electron chi connectivity index (χ3n) is 12.8. The number of rotatable bonds is 51. The standard InChI is InChI=1S/C56H108O6/c1-5-7-9-11-13-15-17-19-20-21-22-24-27-31-35-39-43-47-54(57)60-50-53(62-56(59)49-45-41-37-33-28-23-18-16-14-12-10-8-6-2)51-61-55(58)48-44-40-36-32-29-25-26-30-34-38-42-46-52(3)4/h52-53H,5-51H2,1-4H3/t53-/m0/s1. The Kier molecular flexibility index (Phi) is 49.1. The second kappa shape index (κ2) is 50.4. The zero-order valence-corrected chi connectivity index (χ0v) is 42.3. The van der Waals surface area contributed by atoms with Gasteiger partial charge in [-0.3, -0.25) is 14.4 Å². The van der Waals surface area contributed by atoms with Crippen LogP contribution in [-0.2, 0) is 28.6 Å². The maximum atomic E-state index is 12.8. The van der Waals surface area contributed by atoms with Crippen LogP contribution in [0.5, 0.6) is 0 Å². The first-order valence-electron chi connectivity index (χ1n) is 27.9. The molecule has 0 fully saturated rings. The van der Waals surface area contributed by atoms with E-state index >= 15 is 0 Å². The van der Waals surface area contributed by atoms with E-state index in [1.807, 2.05) is 0 Å². The molecule has 1 atom stereocenters. The zero-order chi connectivity index (χ0) is 45.2. The lowest BCUT2D eigenvalue weighted by Crippen LogP contribution is -2.30. The van der Waals surface area contributed by atoms with E-state index in [4.69, 9.17) is 14.2 Å². The second-order valence-electron chi connectivity index (χ2n) is 19.7. The Morgan fingerprint density at radius 1 is 0.306 bits per heavy atom. The zero-order valence-electron chi connectivity index (χ0n) is 42.3. The van der Waals surface area contributed by atoms with Crippen LogP contribution in [0.3, 0.4) is 0 Å². The van der Waals surface area contributed by atoms with Gasteiger partial charge in [0, 0.05) is 19.3 Å². The summed E-state index contributed by atoms with van der Waals surface area (Å²) in [6, 6.07) is 0. The van der Waals surface area contributed by atoms with Crippen molar-refractivity contribution in [1.82, 2.24) is 0 Å². The average molecular weight is 877 g/mol. The molecule has 0 heterocycles. The van der Waals surface area contributed by atoms with Crippen molar-refractivity contribution in [3.63, 3.8) is 0 Å². The van der Waals surface area contributed by atoms with Crippen molar-refractivity contribution in [2.45, 2.75) is 323 Å². The molecule has 62 heavy (non-hydrogen) atoms. The summed E-state index contributed by atoms with van der Waals surface area (Å²) in [6.07, 6.45) is 53.7. The van der Waals surface area contributed by atoms with Gasteiger partial charge in [0.25, 0.3) is 0 Å². The Balaban J connectivity index is 4.28. The topological polar surface area (TPSA) is 78.9 Å². The number of unbranched alkanes of at least 4 members (excludes halogenated alkanes) is 38. The largest absolute Gasteiger partial charge is 0.462 e. The van der Waals surface area contributed by atoms with Crippen molar-refractivity contribution in [2.75, 3.05) is 13.2 Å². The van der Waals surface area contributed by atoms with E-state index in [1.165, 1.54) is 212 Å². The molecule has 0 aliphatic rings. The molecule has 0 spiro atoms. The van der Waals surface area contributed by atoms with Crippen molar-refractivity contribution in [2.24, 2.45) is 5.92 Å². The van der Waals surface area contributed by atoms with E-state index in [-0.39, 0.29) is 31.1 Å². The number of carbonyl (C=O) groups excluding carboxylic acids is 3. The van der Waals surface area contributed by atoms with E-state index in [1.54, 1.807) is 0 Å². The summed E-state index contributed by atoms with van der Waals surface area (Å²) >= 11 is 0. The Bertz CT molecular complexity index is 933. The molecule has 0 amide bonds. The van der Waals surface area contributed by atoms with Crippen molar-refractivity contribution >= 4 is 17.9 Å². The molecule has 0 N–H and O–H groups in total. The van der Waals surface area contributed by atoms with Crippen molar-refractivity contribution in [3.8, 4) is 0 Å². The molecule has 0 aromatic carbocycles. The second-order valence-corrected chi connectivity index (χ2v) is 19.7. The van der Waals surface area contributed by atoms with Crippen LogP contribution >= 0.6 is 0 Å². The highest BCUT2D eigenvalue weighted by molar-refractivity contribution is 5.71. The van der Waals surface area contributed by atoms with Crippen LogP contribution in [0.2, 0.25) is 0 Å². The lowest BCUT2D eigenvalue weighted by Gasteiger charge is -2.18. The monoisotopic (exact) mass is 877 g/mol. The summed E-state index contributed by atoms with van der Waals surface area (Å²) in [5, 5.41) is 0. The van der Waals surface area contributed by atoms with Gasteiger partial charge < -0.3 is 14.2 Å². The Morgan fingerprint density at radius 3 is 0.790 bits per heavy atom. The Hall–Kier alpha value is -1.59. The predicted octanol–water partition coefficient (Wildman–Crippen LogP) is 18.2. The normalized spacial score (nSPS) is 12.0. The molecule has 0 saturated carbocycles. The number of ether oxygens (including phenoxy) is 3. The molecule has 6 heteroatoms. The van der Waals surface area contributed by atoms with Crippen LogP contribution in [0.4, 0.5) is 0 Å². The minimum Gasteiger partial charge on any atom is -0.462 e. The number of carbonyl (C=O) groups is 3. The molecule has 0 saturated heterocycles. The highest BCUT2D eigenvalue weighted by atomic mass is 16.6. The van der Waals surface area contributed by atoms with Crippen LogP contribution in [-0.4, -0.2) is 37.2 Å². The first-order valence-corrected chi connectivity index (χ1v) is 27.9. The van der Waals surface area contributed by atoms with Gasteiger partial charge in [0.15, 0.2) is 6.10 Å². The van der Waals surface area contributed by atoms with Crippen LogP contribution in [0, 0.1) is 5.92 Å². The van der Waals surface area contributed by atoms with Gasteiger partial charge in [0.2, 0.25) is 0 Å². The molecule has 0 bridgehead atoms. The van der Waals surface area contributed by atoms with Crippen molar-refractivity contribution in [3.05, 3.63) is 0 Å². The summed E-state index contributed by atoms with van der Waals surface area (Å²) in [7, 11) is 0. The minimum atomic E-state index is -0.761. The molecule has 0 rings (SSSR count). The van der Waals surface area contributed by atoms with E-state index in [0.717, 1.165) is 63.7 Å². The Labute approximate surface area is 387 Å². The van der Waals surface area contributed by atoms with Crippen molar-refractivity contribution < 1.29 is 28.6 Å². The van der Waals surface area contributed by atoms with Gasteiger partial charge in [0.05, 0.1) is 0 Å². The van der Waals surface area contributed by atoms with E-state index in [2.05, 4.69) is 27.7 Å². The van der Waals surface area contributed by atoms with Crippen LogP contribution in [0.1, 0.15) is 317 Å². The summed E-state index contributed by atoms with van der Waals surface area (Å²) < 4.78 is 16.9. The van der Waals surface area contributed by atoms with Gasteiger partial charge in [-0.25, -0.2) is 0 Å². The molecule has 0 unspecified atom stereocenters. The quantitative estimate of drug-likeness (QED) is 0.0344. The molecular formula is C56H108O6. The maximum Gasteiger partial charge on any atom is 0.306 e. The third-order valence-corrected chi connectivity index (χ3v) is 12.8. The smallest absolute Gasteiger partial charge is 0.306 e. The van der Waals surface area contributed by atoms with E-state index in [9.17, 15) is 14.4 Å². The van der Waals surface area contributed by atoms with Gasteiger partial charge in [0.1, 0.15) is 13.2 Å². The number of hydrogen-bond acceptors (Lipinski definition) is 6. The Morgan fingerprint density at radius 2 is 0.532 bits per heavy atom. The molecule has 0 aliphatic carbocycles. The number of esters is 3. The van der Waals surface area contributed by atoms with E-state index in [0.29, 0.717) is 19.3 Å². The lowest BCUT2D eigenvalue weighted by atomic mass is 10.0. The van der Waals surface area contributed by atoms with Gasteiger partial charge in [-0.1, -0.05) is 278 Å². The summed E-state index contributed by atoms with van der Waals surface area (Å²) in [5.74, 6) is -0.0117. The molecule has 0 aromatic heterocycles. The molecule has 0 aromatic rings. The average Bonchev–Trinajstić information content (AvgIpc) is 3.26. The van der Waals surface area contributed by atoms with Gasteiger partial charge in [-0.2, -0.15) is 0 Å². The van der Waals surface area contributed by atoms with Gasteiger partial charge in [-0.15, -0.1) is 0 Å². The fraction of sp³-hybridized carbons (Fsp3) is 0.946. The highest BCUT2D eigenvalue weighted by Crippen LogP contribution is 2.18. The van der Waals surface area contributed by atoms with Crippen LogP contribution < -0.4 is 0 Å². The molecule has 0 radical (unpaired) electrons. The fourth-order valence-electron chi connectivity index (χ4n) is 8.57. The summed E-state index contributed by atoms with van der Waals surface area (Å²) in [6.45, 7) is 9.04. The molecule has 368 valence electrons. The maximum absolute atomic E-state index is 12.8. The van der Waals surface area contributed by atoms with Gasteiger partial charge >= 0.3 is 17.9 Å². The fourth-order valence-corrected chi connectivity index (χ4v) is 8.57. The molecule has 0 aliphatic heterocycles. The first kappa shape index (κ1) is 60.4. The molecular weight excluding hydrogens is 769 g/mol. The molecule has 6 nitrogen and oxygen atoms in total. The lowest BCUT2D eigenvalue weighted by molar-refractivity contribution is -0.167. The summed E-state index contributed by atoms with van der Waals surface area (Å²) in [4.78, 5) is 38.0. The van der Waals surface area contributed by atoms with Gasteiger partial charge in [-0.05, 0) is 25.2 Å². The summed E-state index contributed by atoms with van der Waals surface area (Å²) in [5.41, 5.74) is 0. The third kappa shape index (κ3) is 49.4. The van der Waals surface area contributed by atoms with E-state index < -0.39 is 6.10 Å². The number of hydrogen-bond donors (Lipinski definition) is 0. The van der Waals surface area contributed by atoms with Crippen molar-refractivity contribution in [1.29, 1.82) is 0 Å².